The fraction of sp³-hybridized carbons (Fsp3) is 0.893. The average molecular weight is 537 g/mol. The highest BCUT2D eigenvalue weighted by molar-refractivity contribution is 6.73. The fourth-order valence-corrected chi connectivity index (χ4v) is 13.2. The lowest BCUT2D eigenvalue weighted by Gasteiger charge is -2.64. The summed E-state index contributed by atoms with van der Waals surface area (Å²) in [6, 6.07) is 3.28. The van der Waals surface area contributed by atoms with Crippen LogP contribution in [0.15, 0.2) is 11.6 Å². The lowest BCUT2D eigenvalue weighted by atomic mass is 9.49. The Kier molecular flexibility index (Phi) is 6.88. The summed E-state index contributed by atoms with van der Waals surface area (Å²) in [5, 5.41) is 0. The second-order valence-corrected chi connectivity index (χ2v) is 22.5. The van der Waals surface area contributed by atoms with Crippen molar-refractivity contribution in [3.05, 3.63) is 11.6 Å². The lowest BCUT2D eigenvalue weighted by Crippen LogP contribution is -2.69. The Morgan fingerprint density at radius 2 is 1.75 bits per heavy atom. The third kappa shape index (κ3) is 3.92. The molecule has 0 N–H and O–H groups in total. The number of ether oxygens (including phenoxy) is 3. The summed E-state index contributed by atoms with van der Waals surface area (Å²) < 4.78 is 33.2. The van der Waals surface area contributed by atoms with E-state index in [1.54, 1.807) is 7.11 Å². The lowest BCUT2D eigenvalue weighted by molar-refractivity contribution is -0.225. The Hall–Kier alpha value is -0.356. The number of rotatable bonds is 10. The molecule has 4 aliphatic carbocycles. The summed E-state index contributed by atoms with van der Waals surface area (Å²) in [6.07, 6.45) is 5.46. The van der Waals surface area contributed by atoms with Crippen molar-refractivity contribution in [1.29, 1.82) is 0 Å². The van der Waals surface area contributed by atoms with Gasteiger partial charge in [-0.15, -0.1) is 0 Å². The number of epoxide rings is 1. The Balaban J connectivity index is 1.70. The van der Waals surface area contributed by atoms with E-state index < -0.39 is 22.2 Å². The van der Waals surface area contributed by atoms with E-state index in [4.69, 9.17) is 23.1 Å². The summed E-state index contributed by atoms with van der Waals surface area (Å²) in [5.74, 6) is 0.832. The predicted octanol–water partition coefficient (Wildman–Crippen LogP) is 5.69. The molecule has 7 unspecified atom stereocenters. The number of hydrogen-bond acceptors (Lipinski definition) is 6. The first-order valence-corrected chi connectivity index (χ1v) is 20.3. The summed E-state index contributed by atoms with van der Waals surface area (Å²) >= 11 is 0. The summed E-state index contributed by atoms with van der Waals surface area (Å²) in [5.41, 5.74) is 0.355. The quantitative estimate of drug-likeness (QED) is 0.203. The zero-order valence-electron chi connectivity index (χ0n) is 23.8. The maximum absolute atomic E-state index is 13.1. The topological polar surface area (TPSA) is 66.5 Å². The van der Waals surface area contributed by atoms with Crippen LogP contribution in [-0.2, 0) is 27.9 Å². The van der Waals surface area contributed by atoms with Gasteiger partial charge in [0.1, 0.15) is 6.79 Å². The summed E-state index contributed by atoms with van der Waals surface area (Å²) in [7, 11) is -2.23. The van der Waals surface area contributed by atoms with E-state index in [2.05, 4.69) is 47.3 Å². The van der Waals surface area contributed by atoms with Gasteiger partial charge in [0.15, 0.2) is 22.4 Å². The Morgan fingerprint density at radius 1 is 1.08 bits per heavy atom. The number of allylic oxidation sites excluding steroid dienone is 1. The van der Waals surface area contributed by atoms with Gasteiger partial charge < -0.3 is 23.1 Å². The van der Waals surface area contributed by atoms with Gasteiger partial charge in [0.05, 0.1) is 30.0 Å². The molecule has 8 heteroatoms. The van der Waals surface area contributed by atoms with Gasteiger partial charge in [0, 0.05) is 36.7 Å². The fourth-order valence-electron chi connectivity index (χ4n) is 8.96. The standard InChI is InChI=1S/C28H48O6Si2/c1-9-36(10-2,11-3)34-26(4)22-15-19(29)14-20(22)24(33-35(6,7)8)28-16-27(17-32-27)21(12-13-23(26)28)25(28)31-18-30-5/h15,20-21,23-25H,9-14,16-18H2,1-8H3/t20-,21?,23?,24?,25?,26?,27?,28?/m1/s1. The van der Waals surface area contributed by atoms with Crippen LogP contribution in [0.25, 0.3) is 0 Å². The minimum atomic E-state index is -1.98. The van der Waals surface area contributed by atoms with Crippen LogP contribution in [-0.4, -0.2) is 66.3 Å². The molecule has 0 aromatic rings. The molecule has 2 bridgehead atoms. The third-order valence-electron chi connectivity index (χ3n) is 10.6. The highest BCUT2D eigenvalue weighted by atomic mass is 28.4. The Labute approximate surface area is 220 Å². The molecule has 1 heterocycles. The smallest absolute Gasteiger partial charge is 0.193 e. The van der Waals surface area contributed by atoms with Crippen LogP contribution in [0.3, 0.4) is 0 Å². The molecule has 0 amide bonds. The van der Waals surface area contributed by atoms with Gasteiger partial charge in [-0.1, -0.05) is 20.8 Å². The van der Waals surface area contributed by atoms with Gasteiger partial charge in [0.2, 0.25) is 0 Å². The Morgan fingerprint density at radius 3 is 2.31 bits per heavy atom. The molecule has 6 nitrogen and oxygen atoms in total. The maximum Gasteiger partial charge on any atom is 0.193 e. The average Bonchev–Trinajstić information content (AvgIpc) is 3.45. The van der Waals surface area contributed by atoms with E-state index >= 15 is 0 Å². The van der Waals surface area contributed by atoms with Gasteiger partial charge in [-0.05, 0) is 75.6 Å². The SMILES string of the molecule is CC[Si](CC)(CC)OC1(C)C2=CC(=O)C[C@H]2C(O[Si](C)(C)C)C23CC4(CO4)C(CCC12)C3OCOC. The molecular formula is C28H48O6Si2. The molecule has 36 heavy (non-hydrogen) atoms. The molecule has 8 atom stereocenters. The molecule has 4 fully saturated rings. The maximum atomic E-state index is 13.1. The number of carbonyl (C=O) groups excluding carboxylic acids is 1. The molecule has 204 valence electrons. The highest BCUT2D eigenvalue weighted by Gasteiger charge is 2.79. The minimum Gasteiger partial charge on any atom is -0.413 e. The molecule has 1 aliphatic heterocycles. The molecule has 0 radical (unpaired) electrons. The number of methoxy groups -OCH3 is 1. The van der Waals surface area contributed by atoms with Crippen molar-refractivity contribution < 1.29 is 27.9 Å². The van der Waals surface area contributed by atoms with E-state index in [0.717, 1.165) is 44.0 Å². The van der Waals surface area contributed by atoms with E-state index in [0.29, 0.717) is 12.3 Å². The molecule has 1 saturated heterocycles. The first-order valence-electron chi connectivity index (χ1n) is 14.3. The molecule has 2 spiro atoms. The number of ketones is 1. The predicted molar refractivity (Wildman–Crippen MR) is 145 cm³/mol. The van der Waals surface area contributed by atoms with Crippen molar-refractivity contribution in [2.45, 2.75) is 115 Å². The Bertz CT molecular complexity index is 898. The zero-order chi connectivity index (χ0) is 26.1. The van der Waals surface area contributed by atoms with Crippen molar-refractivity contribution in [3.8, 4) is 0 Å². The monoisotopic (exact) mass is 536 g/mol. The summed E-state index contributed by atoms with van der Waals surface area (Å²) in [6.45, 7) is 17.1. The molecule has 5 rings (SSSR count). The van der Waals surface area contributed by atoms with E-state index in [-0.39, 0.29) is 47.6 Å². The second kappa shape index (κ2) is 9.10. The van der Waals surface area contributed by atoms with Crippen LogP contribution in [0.2, 0.25) is 37.8 Å². The number of carbonyl (C=O) groups is 1. The zero-order valence-corrected chi connectivity index (χ0v) is 25.8. The van der Waals surface area contributed by atoms with Crippen molar-refractivity contribution in [2.24, 2.45) is 23.2 Å². The van der Waals surface area contributed by atoms with Crippen LogP contribution >= 0.6 is 0 Å². The number of hydrogen-bond donors (Lipinski definition) is 0. The van der Waals surface area contributed by atoms with Gasteiger partial charge in [-0.2, -0.15) is 0 Å². The summed E-state index contributed by atoms with van der Waals surface area (Å²) in [4.78, 5) is 13.1. The van der Waals surface area contributed by atoms with Gasteiger partial charge >= 0.3 is 0 Å². The van der Waals surface area contributed by atoms with Crippen molar-refractivity contribution in [1.82, 2.24) is 0 Å². The third-order valence-corrected chi connectivity index (χ3v) is 16.3. The molecule has 5 aliphatic rings. The first kappa shape index (κ1) is 27.2. The normalized spacial score (nSPS) is 43.5. The van der Waals surface area contributed by atoms with Crippen LogP contribution in [0.4, 0.5) is 0 Å². The van der Waals surface area contributed by atoms with Crippen LogP contribution in [0.1, 0.15) is 53.4 Å². The van der Waals surface area contributed by atoms with E-state index in [9.17, 15) is 4.79 Å². The van der Waals surface area contributed by atoms with Gasteiger partial charge in [-0.3, -0.25) is 4.79 Å². The number of fused-ring (bicyclic) bond motifs is 3. The van der Waals surface area contributed by atoms with E-state index in [1.807, 2.05) is 6.08 Å². The van der Waals surface area contributed by atoms with Crippen LogP contribution in [0, 0.1) is 23.2 Å². The van der Waals surface area contributed by atoms with Crippen molar-refractivity contribution in [2.75, 3.05) is 20.5 Å². The second-order valence-electron chi connectivity index (χ2n) is 13.4. The van der Waals surface area contributed by atoms with Gasteiger partial charge in [0.25, 0.3) is 0 Å². The van der Waals surface area contributed by atoms with Crippen molar-refractivity contribution >= 4 is 22.4 Å². The molecule has 3 saturated carbocycles. The van der Waals surface area contributed by atoms with Crippen LogP contribution in [0.5, 0.6) is 0 Å². The minimum absolute atomic E-state index is 0.0128. The van der Waals surface area contributed by atoms with Crippen molar-refractivity contribution in [3.63, 3.8) is 0 Å². The molecular weight excluding hydrogens is 488 g/mol. The first-order chi connectivity index (χ1) is 16.9. The van der Waals surface area contributed by atoms with E-state index in [1.165, 1.54) is 5.57 Å². The molecule has 0 aromatic heterocycles. The van der Waals surface area contributed by atoms with Crippen LogP contribution < -0.4 is 0 Å². The molecule has 0 aromatic carbocycles. The highest BCUT2D eigenvalue weighted by Crippen LogP contribution is 2.73. The van der Waals surface area contributed by atoms with Gasteiger partial charge in [-0.25, -0.2) is 0 Å². The largest absolute Gasteiger partial charge is 0.413 e.